The highest BCUT2D eigenvalue weighted by atomic mass is 35.5. The molecule has 2 rings (SSSR count). The van der Waals surface area contributed by atoms with E-state index in [0.717, 1.165) is 11.1 Å². The molecule has 1 amide bonds. The van der Waals surface area contributed by atoms with Crippen molar-refractivity contribution in [3.8, 4) is 0 Å². The van der Waals surface area contributed by atoms with E-state index >= 15 is 0 Å². The summed E-state index contributed by atoms with van der Waals surface area (Å²) < 4.78 is 4.83. The quantitative estimate of drug-likeness (QED) is 0.871. The molecule has 0 bridgehead atoms. The van der Waals surface area contributed by atoms with Crippen LogP contribution in [0.3, 0.4) is 0 Å². The lowest BCUT2D eigenvalue weighted by atomic mass is 10.0. The Morgan fingerprint density at radius 3 is 3.15 bits per heavy atom. The molecule has 1 heterocycles. The van der Waals surface area contributed by atoms with Gasteiger partial charge in [0, 0.05) is 10.6 Å². The van der Waals surface area contributed by atoms with Gasteiger partial charge < -0.3 is 10.2 Å². The molecule has 0 aromatic heterocycles. The normalized spacial score (nSPS) is 15.7. The highest BCUT2D eigenvalue weighted by molar-refractivity contribution is 6.51. The molecule has 0 saturated carbocycles. The fourth-order valence-corrected chi connectivity index (χ4v) is 1.85. The number of rotatable bonds is 3. The molecule has 0 fully saturated rings. The van der Waals surface area contributed by atoms with Gasteiger partial charge in [-0.15, -0.1) is 0 Å². The lowest BCUT2D eigenvalue weighted by Crippen LogP contribution is -2.18. The van der Waals surface area contributed by atoms with Gasteiger partial charge >= 0.3 is 6.09 Å². The minimum atomic E-state index is -0.651. The molecule has 0 unspecified atom stereocenters. The second-order valence-electron chi connectivity index (χ2n) is 4.18. The van der Waals surface area contributed by atoms with Gasteiger partial charge in [0.1, 0.15) is 12.3 Å². The molecular formula is C14H14ClN3O2. The second-order valence-corrected chi connectivity index (χ2v) is 4.59. The Balaban J connectivity index is 2.22. The van der Waals surface area contributed by atoms with E-state index in [4.69, 9.17) is 16.3 Å². The molecule has 0 saturated heterocycles. The van der Waals surface area contributed by atoms with Crippen LogP contribution in [0.15, 0.2) is 40.9 Å². The van der Waals surface area contributed by atoms with Crippen LogP contribution >= 0.6 is 11.6 Å². The summed E-state index contributed by atoms with van der Waals surface area (Å²) in [6.45, 7) is 5.90. The number of benzene rings is 1. The third kappa shape index (κ3) is 3.24. The van der Waals surface area contributed by atoms with Crippen LogP contribution in [-0.2, 0) is 4.74 Å². The number of nitrogens with zero attached hydrogens (tertiary/aromatic N) is 2. The summed E-state index contributed by atoms with van der Waals surface area (Å²) in [4.78, 5) is 15.4. The minimum absolute atomic E-state index is 0.134. The maximum Gasteiger partial charge on any atom is 0.434 e. The number of carbonyl (C=O) groups is 1. The number of aliphatic imine (C=N–C) groups is 1. The first-order valence-corrected chi connectivity index (χ1v) is 6.42. The Kier molecular flexibility index (Phi) is 4.53. The summed E-state index contributed by atoms with van der Waals surface area (Å²) in [7, 11) is 0. The van der Waals surface area contributed by atoms with Gasteiger partial charge in [-0.1, -0.05) is 30.3 Å². The van der Waals surface area contributed by atoms with E-state index in [9.17, 15) is 4.79 Å². The predicted molar refractivity (Wildman–Crippen MR) is 79.7 cm³/mol. The van der Waals surface area contributed by atoms with E-state index in [1.54, 1.807) is 6.07 Å². The first-order chi connectivity index (χ1) is 9.61. The number of amides is 1. The Morgan fingerprint density at radius 2 is 2.45 bits per heavy atom. The summed E-state index contributed by atoms with van der Waals surface area (Å²) >= 11 is 6.00. The third-order valence-corrected chi connectivity index (χ3v) is 3.12. The summed E-state index contributed by atoms with van der Waals surface area (Å²) in [6.07, 6.45) is 0.838. The number of aryl methyl sites for hydroxylation is 1. The van der Waals surface area contributed by atoms with E-state index < -0.39 is 6.09 Å². The molecule has 1 N–H and O–H groups in total. The van der Waals surface area contributed by atoms with E-state index in [-0.39, 0.29) is 6.61 Å². The number of hydrogen-bond acceptors (Lipinski definition) is 4. The van der Waals surface area contributed by atoms with E-state index in [0.29, 0.717) is 23.0 Å². The predicted octanol–water partition coefficient (Wildman–Crippen LogP) is 2.72. The maximum absolute atomic E-state index is 11.5. The van der Waals surface area contributed by atoms with Crippen LogP contribution in [-0.4, -0.2) is 30.7 Å². The van der Waals surface area contributed by atoms with E-state index in [1.165, 1.54) is 6.08 Å². The molecule has 20 heavy (non-hydrogen) atoms. The van der Waals surface area contributed by atoms with Crippen molar-refractivity contribution in [1.82, 2.24) is 5.43 Å². The largest absolute Gasteiger partial charge is 0.444 e. The molecular weight excluding hydrogens is 278 g/mol. The van der Waals surface area contributed by atoms with Gasteiger partial charge in [-0.05, 0) is 24.6 Å². The Morgan fingerprint density at radius 1 is 1.65 bits per heavy atom. The molecule has 1 aromatic carbocycles. The Labute approximate surface area is 122 Å². The molecule has 1 aliphatic rings. The zero-order chi connectivity index (χ0) is 14.5. The van der Waals surface area contributed by atoms with Crippen molar-refractivity contribution in [2.75, 3.05) is 13.2 Å². The SMILES string of the molecule is C=CCOC(=O)/N=C1\CNN=C1c1ccc(Cl)c(C)c1. The van der Waals surface area contributed by atoms with Gasteiger partial charge in [-0.2, -0.15) is 10.1 Å². The molecule has 5 nitrogen and oxygen atoms in total. The average molecular weight is 292 g/mol. The van der Waals surface area contributed by atoms with Crippen molar-refractivity contribution in [1.29, 1.82) is 0 Å². The molecule has 0 atom stereocenters. The van der Waals surface area contributed by atoms with Crippen molar-refractivity contribution in [2.24, 2.45) is 10.1 Å². The molecule has 1 aromatic rings. The van der Waals surface area contributed by atoms with Gasteiger partial charge in [0.15, 0.2) is 0 Å². The molecule has 0 spiro atoms. The van der Waals surface area contributed by atoms with Crippen LogP contribution in [0.25, 0.3) is 0 Å². The topological polar surface area (TPSA) is 63.0 Å². The first-order valence-electron chi connectivity index (χ1n) is 6.04. The van der Waals surface area contributed by atoms with Crippen LogP contribution < -0.4 is 5.43 Å². The van der Waals surface area contributed by atoms with Crippen LogP contribution in [0.2, 0.25) is 5.02 Å². The van der Waals surface area contributed by atoms with Crippen LogP contribution in [0.5, 0.6) is 0 Å². The van der Waals surface area contributed by atoms with Crippen molar-refractivity contribution in [3.63, 3.8) is 0 Å². The van der Waals surface area contributed by atoms with Crippen molar-refractivity contribution in [3.05, 3.63) is 47.0 Å². The molecule has 6 heteroatoms. The monoisotopic (exact) mass is 291 g/mol. The first kappa shape index (κ1) is 14.3. The van der Waals surface area contributed by atoms with Gasteiger partial charge in [0.2, 0.25) is 0 Å². The zero-order valence-electron chi connectivity index (χ0n) is 11.0. The fraction of sp³-hybridized carbons (Fsp3) is 0.214. The number of hydrazone groups is 1. The molecule has 104 valence electrons. The zero-order valence-corrected chi connectivity index (χ0v) is 11.8. The Hall–Kier alpha value is -2.14. The lowest BCUT2D eigenvalue weighted by Gasteiger charge is -2.04. The summed E-state index contributed by atoms with van der Waals surface area (Å²) in [5, 5.41) is 4.84. The maximum atomic E-state index is 11.5. The Bertz CT molecular complexity index is 608. The molecule has 0 aliphatic carbocycles. The summed E-state index contributed by atoms with van der Waals surface area (Å²) in [5.41, 5.74) is 5.77. The van der Waals surface area contributed by atoms with Gasteiger partial charge in [0.25, 0.3) is 0 Å². The van der Waals surface area contributed by atoms with E-state index in [1.807, 2.05) is 19.1 Å². The van der Waals surface area contributed by atoms with E-state index in [2.05, 4.69) is 22.1 Å². The number of nitrogens with one attached hydrogen (secondary N) is 1. The highest BCUT2D eigenvalue weighted by Crippen LogP contribution is 2.18. The highest BCUT2D eigenvalue weighted by Gasteiger charge is 2.19. The van der Waals surface area contributed by atoms with Gasteiger partial charge in [-0.25, -0.2) is 4.79 Å². The summed E-state index contributed by atoms with van der Waals surface area (Å²) in [6, 6.07) is 5.53. The second kappa shape index (κ2) is 6.34. The van der Waals surface area contributed by atoms with Crippen molar-refractivity contribution >= 4 is 29.1 Å². The minimum Gasteiger partial charge on any atom is -0.444 e. The van der Waals surface area contributed by atoms with Crippen LogP contribution in [0.1, 0.15) is 11.1 Å². The number of halogens is 1. The molecule has 1 aliphatic heterocycles. The average Bonchev–Trinajstić information content (AvgIpc) is 2.87. The number of ether oxygens (including phenoxy) is 1. The third-order valence-electron chi connectivity index (χ3n) is 2.69. The number of carbonyl (C=O) groups excluding carboxylic acids is 1. The van der Waals surface area contributed by atoms with Crippen LogP contribution in [0.4, 0.5) is 4.79 Å². The fourth-order valence-electron chi connectivity index (χ4n) is 1.73. The summed E-state index contributed by atoms with van der Waals surface area (Å²) in [5.74, 6) is 0. The lowest BCUT2D eigenvalue weighted by molar-refractivity contribution is 0.170. The number of hydrogen-bond donors (Lipinski definition) is 1. The standard InChI is InChI=1S/C14H14ClN3O2/c1-3-6-20-14(19)17-12-8-16-18-13(12)10-4-5-11(15)9(2)7-10/h3-5,7,16H,1,6,8H2,2H3/b17-12+. The van der Waals surface area contributed by atoms with Crippen molar-refractivity contribution in [2.45, 2.75) is 6.92 Å². The molecule has 0 radical (unpaired) electrons. The van der Waals surface area contributed by atoms with Gasteiger partial charge in [0.05, 0.1) is 12.3 Å². The van der Waals surface area contributed by atoms with Crippen molar-refractivity contribution < 1.29 is 9.53 Å². The smallest absolute Gasteiger partial charge is 0.434 e. The van der Waals surface area contributed by atoms with Gasteiger partial charge in [-0.3, -0.25) is 0 Å². The van der Waals surface area contributed by atoms with Crippen LogP contribution in [0, 0.1) is 6.92 Å².